The van der Waals surface area contributed by atoms with Crippen LogP contribution in [0.2, 0.25) is 0 Å². The van der Waals surface area contributed by atoms with Crippen LogP contribution in [-0.2, 0) is 23.8 Å². The van der Waals surface area contributed by atoms with Crippen LogP contribution in [0.1, 0.15) is 61.8 Å². The molecule has 1 amide bonds. The van der Waals surface area contributed by atoms with Gasteiger partial charge in [-0.2, -0.15) is 0 Å². The van der Waals surface area contributed by atoms with Crippen LogP contribution < -0.4 is 5.32 Å². The molecule has 0 aliphatic carbocycles. The van der Waals surface area contributed by atoms with Gasteiger partial charge in [0.1, 0.15) is 19.8 Å². The van der Waals surface area contributed by atoms with Crippen molar-refractivity contribution in [2.24, 2.45) is 16.2 Å². The van der Waals surface area contributed by atoms with Crippen LogP contribution in [0.3, 0.4) is 0 Å². The molecular formula is C21H37NO6. The largest absolute Gasteiger partial charge is 0.462 e. The first kappa shape index (κ1) is 26.0. The van der Waals surface area contributed by atoms with E-state index in [2.05, 4.69) is 32.7 Å². The molecule has 0 heterocycles. The Morgan fingerprint density at radius 2 is 1.39 bits per heavy atom. The maximum Gasteiger partial charge on any atom is 0.407 e. The second-order valence-electron chi connectivity index (χ2n) is 9.43. The fraction of sp³-hybridized carbons (Fsp3) is 0.762. The molecule has 1 atom stereocenters. The number of nitrogens with one attached hydrogen (secondary N) is 1. The van der Waals surface area contributed by atoms with E-state index in [9.17, 15) is 14.4 Å². The highest BCUT2D eigenvalue weighted by atomic mass is 16.6. The summed E-state index contributed by atoms with van der Waals surface area (Å²) in [5, 5.41) is 2.44. The zero-order chi connectivity index (χ0) is 22.2. The zero-order valence-electron chi connectivity index (χ0n) is 18.7. The van der Waals surface area contributed by atoms with Crippen molar-refractivity contribution in [2.45, 2.75) is 61.8 Å². The molecule has 0 aromatic rings. The van der Waals surface area contributed by atoms with E-state index in [1.807, 2.05) is 27.7 Å². The van der Waals surface area contributed by atoms with Gasteiger partial charge in [-0.1, -0.05) is 48.1 Å². The highest BCUT2D eigenvalue weighted by Gasteiger charge is 2.47. The van der Waals surface area contributed by atoms with Crippen molar-refractivity contribution in [2.75, 3.05) is 26.4 Å². The Morgan fingerprint density at radius 1 is 0.857 bits per heavy atom. The summed E-state index contributed by atoms with van der Waals surface area (Å²) in [5.41, 5.74) is -0.694. The predicted molar refractivity (Wildman–Crippen MR) is 108 cm³/mol. The van der Waals surface area contributed by atoms with E-state index in [0.29, 0.717) is 6.42 Å². The maximum atomic E-state index is 12.7. The molecule has 1 unspecified atom stereocenters. The third-order valence-electron chi connectivity index (χ3n) is 4.49. The summed E-state index contributed by atoms with van der Waals surface area (Å²) < 4.78 is 15.2. The van der Waals surface area contributed by atoms with Gasteiger partial charge < -0.3 is 19.5 Å². The normalized spacial score (nSPS) is 13.9. The number of ether oxygens (including phenoxy) is 3. The molecule has 0 spiro atoms. The molecule has 7 heteroatoms. The van der Waals surface area contributed by atoms with Crippen molar-refractivity contribution in [1.82, 2.24) is 5.32 Å². The van der Waals surface area contributed by atoms with E-state index >= 15 is 0 Å². The summed E-state index contributed by atoms with van der Waals surface area (Å²) in [5.74, 6) is -0.815. The molecule has 1 N–H and O–H groups in total. The van der Waals surface area contributed by atoms with Crippen LogP contribution in [-0.4, -0.2) is 44.4 Å². The van der Waals surface area contributed by atoms with Gasteiger partial charge in [0.05, 0.1) is 12.0 Å². The Labute approximate surface area is 169 Å². The number of carbonyl (C=O) groups excluding carboxylic acids is 3. The third-order valence-corrected chi connectivity index (χ3v) is 4.49. The van der Waals surface area contributed by atoms with Gasteiger partial charge in [-0.15, -0.1) is 0 Å². The van der Waals surface area contributed by atoms with Crippen molar-refractivity contribution in [3.8, 4) is 0 Å². The molecule has 0 aliphatic heterocycles. The van der Waals surface area contributed by atoms with Crippen LogP contribution >= 0.6 is 0 Å². The lowest BCUT2D eigenvalue weighted by Crippen LogP contribution is -2.44. The molecule has 0 saturated carbocycles. The molecule has 28 heavy (non-hydrogen) atoms. The van der Waals surface area contributed by atoms with Crippen LogP contribution in [0.15, 0.2) is 12.2 Å². The van der Waals surface area contributed by atoms with Gasteiger partial charge >= 0.3 is 18.0 Å². The lowest BCUT2D eigenvalue weighted by atomic mass is 9.61. The molecule has 0 aliphatic rings. The molecule has 0 aromatic heterocycles. The van der Waals surface area contributed by atoms with E-state index in [1.54, 1.807) is 0 Å². The average molecular weight is 400 g/mol. The summed E-state index contributed by atoms with van der Waals surface area (Å²) in [4.78, 5) is 35.5. The van der Waals surface area contributed by atoms with E-state index < -0.39 is 17.5 Å². The summed E-state index contributed by atoms with van der Waals surface area (Å²) in [6.07, 6.45) is 0.00254. The van der Waals surface area contributed by atoms with Crippen molar-refractivity contribution in [1.29, 1.82) is 0 Å². The van der Waals surface area contributed by atoms with E-state index in [4.69, 9.17) is 14.2 Å². The Balaban J connectivity index is 4.33. The average Bonchev–Trinajstić information content (AvgIpc) is 2.52. The summed E-state index contributed by atoms with van der Waals surface area (Å²) in [6, 6.07) is 0. The monoisotopic (exact) mass is 399 g/mol. The van der Waals surface area contributed by atoms with Crippen LogP contribution in [0, 0.1) is 16.2 Å². The second-order valence-corrected chi connectivity index (χ2v) is 9.43. The first-order valence-electron chi connectivity index (χ1n) is 9.50. The minimum absolute atomic E-state index is 0.0204. The second kappa shape index (κ2) is 10.5. The highest BCUT2D eigenvalue weighted by molar-refractivity contribution is 5.86. The van der Waals surface area contributed by atoms with Gasteiger partial charge in [0, 0.05) is 5.57 Å². The Hall–Kier alpha value is -2.05. The van der Waals surface area contributed by atoms with Crippen molar-refractivity contribution in [3.63, 3.8) is 0 Å². The van der Waals surface area contributed by atoms with E-state index in [-0.39, 0.29) is 48.7 Å². The molecule has 0 fully saturated rings. The molecule has 7 nitrogen and oxygen atoms in total. The standard InChI is InChI=1S/C21H37NO6/c1-15(2)16(23)26-11-10-22-18(25)28-13-12-27-17(24)21(9,20(6,7)8)14-19(3,4)5/h1,10-14H2,2-9H3,(H,22,25). The number of carbonyl (C=O) groups is 3. The molecule has 0 radical (unpaired) electrons. The number of hydrogen-bond acceptors (Lipinski definition) is 6. The summed E-state index contributed by atoms with van der Waals surface area (Å²) in [7, 11) is 0. The topological polar surface area (TPSA) is 90.9 Å². The minimum Gasteiger partial charge on any atom is -0.462 e. The molecule has 162 valence electrons. The molecule has 0 bridgehead atoms. The van der Waals surface area contributed by atoms with Crippen LogP contribution in [0.25, 0.3) is 0 Å². The third kappa shape index (κ3) is 9.24. The van der Waals surface area contributed by atoms with Crippen molar-refractivity contribution < 1.29 is 28.6 Å². The number of rotatable bonds is 9. The molecule has 0 aromatic carbocycles. The Bertz CT molecular complexity index is 570. The molecule has 0 rings (SSSR count). The zero-order valence-corrected chi connectivity index (χ0v) is 18.7. The van der Waals surface area contributed by atoms with Gasteiger partial charge in [0.2, 0.25) is 0 Å². The number of hydrogen-bond donors (Lipinski definition) is 1. The number of alkyl carbamates (subject to hydrolysis) is 1. The predicted octanol–water partition coefficient (Wildman–Crippen LogP) is 3.86. The number of amides is 1. The smallest absolute Gasteiger partial charge is 0.407 e. The fourth-order valence-corrected chi connectivity index (χ4v) is 2.60. The van der Waals surface area contributed by atoms with Crippen LogP contribution in [0.5, 0.6) is 0 Å². The molecular weight excluding hydrogens is 362 g/mol. The van der Waals surface area contributed by atoms with Crippen LogP contribution in [0.4, 0.5) is 4.79 Å². The van der Waals surface area contributed by atoms with E-state index in [0.717, 1.165) is 0 Å². The number of esters is 2. The molecule has 0 saturated heterocycles. The first-order chi connectivity index (χ1) is 12.6. The lowest BCUT2D eigenvalue weighted by Gasteiger charge is -2.43. The van der Waals surface area contributed by atoms with Crippen molar-refractivity contribution in [3.05, 3.63) is 12.2 Å². The maximum absolute atomic E-state index is 12.7. The fourth-order valence-electron chi connectivity index (χ4n) is 2.60. The van der Waals surface area contributed by atoms with Gasteiger partial charge in [-0.3, -0.25) is 4.79 Å². The van der Waals surface area contributed by atoms with Gasteiger partial charge in [-0.05, 0) is 31.1 Å². The van der Waals surface area contributed by atoms with Crippen molar-refractivity contribution >= 4 is 18.0 Å². The summed E-state index contributed by atoms with van der Waals surface area (Å²) in [6.45, 7) is 19.3. The SMILES string of the molecule is C=C(C)C(=O)OCCNC(=O)OCCOC(=O)C(C)(CC(C)(C)C)C(C)(C)C. The Kier molecular flexibility index (Phi) is 9.71. The quantitative estimate of drug-likeness (QED) is 0.274. The van der Waals surface area contributed by atoms with Gasteiger partial charge in [-0.25, -0.2) is 9.59 Å². The lowest BCUT2D eigenvalue weighted by molar-refractivity contribution is -0.165. The minimum atomic E-state index is -0.671. The van der Waals surface area contributed by atoms with E-state index in [1.165, 1.54) is 6.92 Å². The van der Waals surface area contributed by atoms with Gasteiger partial charge in [0.15, 0.2) is 0 Å². The van der Waals surface area contributed by atoms with Gasteiger partial charge in [0.25, 0.3) is 0 Å². The highest BCUT2D eigenvalue weighted by Crippen LogP contribution is 2.47. The summed E-state index contributed by atoms with van der Waals surface area (Å²) >= 11 is 0. The Morgan fingerprint density at radius 3 is 1.86 bits per heavy atom. The first-order valence-corrected chi connectivity index (χ1v) is 9.50.